The third kappa shape index (κ3) is 4.28. The maximum absolute atomic E-state index is 12.8. The Kier molecular flexibility index (Phi) is 5.60. The molecule has 156 valence electrons. The Morgan fingerprint density at radius 1 is 0.903 bits per heavy atom. The molecular formula is C26H24BrN3O. The second-order valence-corrected chi connectivity index (χ2v) is 9.06. The number of fused-ring (bicyclic) bond motifs is 1. The second kappa shape index (κ2) is 8.67. The van der Waals surface area contributed by atoms with Crippen molar-refractivity contribution < 1.29 is 4.79 Å². The van der Waals surface area contributed by atoms with Crippen molar-refractivity contribution in [3.63, 3.8) is 0 Å². The Balaban J connectivity index is 1.40. The molecule has 0 bridgehead atoms. The number of carbonyl (C=O) groups excluding carboxylic acids is 1. The van der Waals surface area contributed by atoms with Crippen LogP contribution in [0.5, 0.6) is 0 Å². The number of hydrogen-bond acceptors (Lipinski definition) is 2. The first-order chi connectivity index (χ1) is 15.2. The fourth-order valence-corrected chi connectivity index (χ4v) is 4.68. The molecule has 4 nitrogen and oxygen atoms in total. The van der Waals surface area contributed by atoms with Gasteiger partial charge in [-0.15, -0.1) is 0 Å². The van der Waals surface area contributed by atoms with E-state index in [4.69, 9.17) is 4.98 Å². The van der Waals surface area contributed by atoms with Crippen LogP contribution in [-0.2, 0) is 17.8 Å². The van der Waals surface area contributed by atoms with E-state index in [9.17, 15) is 4.79 Å². The van der Waals surface area contributed by atoms with E-state index >= 15 is 0 Å². The summed E-state index contributed by atoms with van der Waals surface area (Å²) in [6.45, 7) is 2.24. The zero-order valence-electron chi connectivity index (χ0n) is 17.2. The van der Waals surface area contributed by atoms with E-state index in [1.165, 1.54) is 11.1 Å². The number of para-hydroxylation sites is 2. The number of hydrogen-bond donors (Lipinski definition) is 0. The minimum Gasteiger partial charge on any atom is -0.342 e. The first-order valence-electron chi connectivity index (χ1n) is 10.7. The van der Waals surface area contributed by atoms with Crippen LogP contribution in [0.3, 0.4) is 0 Å². The fourth-order valence-electron chi connectivity index (χ4n) is 4.41. The van der Waals surface area contributed by atoms with Crippen molar-refractivity contribution in [3.8, 4) is 0 Å². The maximum atomic E-state index is 12.8. The summed E-state index contributed by atoms with van der Waals surface area (Å²) in [6, 6.07) is 27.0. The lowest BCUT2D eigenvalue weighted by atomic mass is 10.1. The Morgan fingerprint density at radius 3 is 2.45 bits per heavy atom. The Bertz CT molecular complexity index is 1200. The van der Waals surface area contributed by atoms with Gasteiger partial charge < -0.3 is 9.47 Å². The molecule has 3 aromatic carbocycles. The monoisotopic (exact) mass is 473 g/mol. The van der Waals surface area contributed by atoms with Gasteiger partial charge in [0.05, 0.1) is 11.0 Å². The van der Waals surface area contributed by atoms with Crippen LogP contribution < -0.4 is 0 Å². The molecule has 1 aliphatic rings. The smallest absolute Gasteiger partial charge is 0.223 e. The predicted octanol–water partition coefficient (Wildman–Crippen LogP) is 5.41. The third-order valence-corrected chi connectivity index (χ3v) is 6.56. The van der Waals surface area contributed by atoms with Crippen LogP contribution in [0.4, 0.5) is 0 Å². The molecule has 0 saturated carbocycles. The molecule has 1 saturated heterocycles. The summed E-state index contributed by atoms with van der Waals surface area (Å²) < 4.78 is 3.36. The van der Waals surface area contributed by atoms with Gasteiger partial charge in [-0.05, 0) is 41.8 Å². The van der Waals surface area contributed by atoms with Crippen LogP contribution in [0.1, 0.15) is 29.3 Å². The normalized spacial score (nSPS) is 16.4. The number of amides is 1. The highest BCUT2D eigenvalue weighted by Gasteiger charge is 2.33. The molecular weight excluding hydrogens is 450 g/mol. The molecule has 1 fully saturated rings. The molecule has 1 amide bonds. The molecule has 5 rings (SSSR count). The second-order valence-electron chi connectivity index (χ2n) is 8.15. The number of rotatable bonds is 6. The standard InChI is InChI=1S/C26H24BrN3O/c27-22-12-10-20(11-13-22)17-30-24-9-5-4-8-23(24)28-26(30)21-16-25(31)29(18-21)15-14-19-6-2-1-3-7-19/h1-13,21H,14-18H2. The highest BCUT2D eigenvalue weighted by molar-refractivity contribution is 9.10. The summed E-state index contributed by atoms with van der Waals surface area (Å²) in [5.41, 5.74) is 4.60. The van der Waals surface area contributed by atoms with Gasteiger partial charge in [0.25, 0.3) is 0 Å². The Hall–Kier alpha value is -2.92. The SMILES string of the molecule is O=C1CC(c2nc3ccccc3n2Cc2ccc(Br)cc2)CN1CCc1ccccc1. The number of likely N-dealkylation sites (tertiary alicyclic amines) is 1. The van der Waals surface area contributed by atoms with Crippen LogP contribution in [0, 0.1) is 0 Å². The zero-order valence-corrected chi connectivity index (χ0v) is 18.8. The van der Waals surface area contributed by atoms with Crippen LogP contribution in [0.25, 0.3) is 11.0 Å². The summed E-state index contributed by atoms with van der Waals surface area (Å²) in [6.07, 6.45) is 1.41. The van der Waals surface area contributed by atoms with Gasteiger partial charge in [0, 0.05) is 36.4 Å². The van der Waals surface area contributed by atoms with Crippen molar-refractivity contribution in [2.45, 2.75) is 25.3 Å². The lowest BCUT2D eigenvalue weighted by molar-refractivity contribution is -0.127. The molecule has 1 atom stereocenters. The van der Waals surface area contributed by atoms with Crippen molar-refractivity contribution in [1.29, 1.82) is 0 Å². The molecule has 1 aliphatic heterocycles. The van der Waals surface area contributed by atoms with Gasteiger partial charge in [-0.3, -0.25) is 4.79 Å². The predicted molar refractivity (Wildman–Crippen MR) is 127 cm³/mol. The maximum Gasteiger partial charge on any atom is 0.223 e. The summed E-state index contributed by atoms with van der Waals surface area (Å²) in [5, 5.41) is 0. The summed E-state index contributed by atoms with van der Waals surface area (Å²) in [7, 11) is 0. The average Bonchev–Trinajstić information content (AvgIpc) is 3.35. The van der Waals surface area contributed by atoms with E-state index in [1.807, 2.05) is 17.0 Å². The van der Waals surface area contributed by atoms with Gasteiger partial charge >= 0.3 is 0 Å². The largest absolute Gasteiger partial charge is 0.342 e. The molecule has 31 heavy (non-hydrogen) atoms. The van der Waals surface area contributed by atoms with Gasteiger partial charge in [0.1, 0.15) is 5.82 Å². The van der Waals surface area contributed by atoms with Crippen LogP contribution in [0.15, 0.2) is 83.3 Å². The summed E-state index contributed by atoms with van der Waals surface area (Å²) >= 11 is 3.51. The van der Waals surface area contributed by atoms with Crippen molar-refractivity contribution in [2.24, 2.45) is 0 Å². The number of aromatic nitrogens is 2. The number of benzene rings is 3. The van der Waals surface area contributed by atoms with E-state index in [1.54, 1.807) is 0 Å². The van der Waals surface area contributed by atoms with Crippen molar-refractivity contribution in [2.75, 3.05) is 13.1 Å². The van der Waals surface area contributed by atoms with Crippen molar-refractivity contribution in [1.82, 2.24) is 14.5 Å². The number of nitrogens with zero attached hydrogens (tertiary/aromatic N) is 3. The summed E-state index contributed by atoms with van der Waals surface area (Å²) in [5.74, 6) is 1.36. The highest BCUT2D eigenvalue weighted by Crippen LogP contribution is 2.31. The molecule has 0 radical (unpaired) electrons. The van der Waals surface area contributed by atoms with Gasteiger partial charge in [-0.1, -0.05) is 70.5 Å². The van der Waals surface area contributed by atoms with Gasteiger partial charge in [-0.2, -0.15) is 0 Å². The minimum absolute atomic E-state index is 0.117. The Morgan fingerprint density at radius 2 is 1.65 bits per heavy atom. The lowest BCUT2D eigenvalue weighted by Crippen LogP contribution is -2.27. The van der Waals surface area contributed by atoms with Gasteiger partial charge in [0.15, 0.2) is 0 Å². The summed E-state index contributed by atoms with van der Waals surface area (Å²) in [4.78, 5) is 19.8. The first kappa shape index (κ1) is 20.0. The molecule has 1 aromatic heterocycles. The molecule has 4 aromatic rings. The minimum atomic E-state index is 0.117. The quantitative estimate of drug-likeness (QED) is 0.375. The number of carbonyl (C=O) groups is 1. The number of halogens is 1. The number of imidazole rings is 1. The zero-order chi connectivity index (χ0) is 21.2. The van der Waals surface area contributed by atoms with Crippen LogP contribution in [0.2, 0.25) is 0 Å². The lowest BCUT2D eigenvalue weighted by Gasteiger charge is -2.17. The average molecular weight is 474 g/mol. The molecule has 0 N–H and O–H groups in total. The van der Waals surface area contributed by atoms with E-state index in [0.29, 0.717) is 6.42 Å². The van der Waals surface area contributed by atoms with E-state index in [2.05, 4.69) is 87.2 Å². The van der Waals surface area contributed by atoms with Crippen molar-refractivity contribution >= 4 is 32.9 Å². The van der Waals surface area contributed by atoms with Crippen LogP contribution in [-0.4, -0.2) is 33.4 Å². The fraction of sp³-hybridized carbons (Fsp3) is 0.231. The van der Waals surface area contributed by atoms with Gasteiger partial charge in [-0.25, -0.2) is 4.98 Å². The molecule has 2 heterocycles. The first-order valence-corrected chi connectivity index (χ1v) is 11.5. The highest BCUT2D eigenvalue weighted by atomic mass is 79.9. The molecule has 1 unspecified atom stereocenters. The van der Waals surface area contributed by atoms with E-state index in [0.717, 1.165) is 47.4 Å². The van der Waals surface area contributed by atoms with E-state index < -0.39 is 0 Å². The van der Waals surface area contributed by atoms with Crippen LogP contribution >= 0.6 is 15.9 Å². The van der Waals surface area contributed by atoms with E-state index in [-0.39, 0.29) is 11.8 Å². The third-order valence-electron chi connectivity index (χ3n) is 6.03. The molecule has 5 heteroatoms. The van der Waals surface area contributed by atoms with Gasteiger partial charge in [0.2, 0.25) is 5.91 Å². The van der Waals surface area contributed by atoms with Crippen molar-refractivity contribution in [3.05, 3.63) is 100 Å². The topological polar surface area (TPSA) is 38.1 Å². The molecule has 0 spiro atoms. The molecule has 0 aliphatic carbocycles. The Labute approximate surface area is 190 Å².